The molecule has 6 nitrogen and oxygen atoms in total. The summed E-state index contributed by atoms with van der Waals surface area (Å²) < 4.78 is 23.6. The van der Waals surface area contributed by atoms with E-state index in [1.165, 1.54) is 0 Å². The number of pyridine rings is 1. The van der Waals surface area contributed by atoms with Crippen LogP contribution in [0.4, 0.5) is 21.6 Å². The lowest BCUT2D eigenvalue weighted by atomic mass is 9.66. The Balaban J connectivity index is 0.00000153. The normalized spacial score (nSPS) is 16.2. The topological polar surface area (TPSA) is 55.2 Å². The zero-order valence-corrected chi connectivity index (χ0v) is 25.6. The maximum atomic E-state index is 15.9. The largest absolute Gasteiger partial charge is 0.378 e. The van der Waals surface area contributed by atoms with Gasteiger partial charge in [0.05, 0.1) is 36.0 Å². The van der Waals surface area contributed by atoms with E-state index in [1.54, 1.807) is 12.3 Å². The van der Waals surface area contributed by atoms with E-state index >= 15 is 4.39 Å². The van der Waals surface area contributed by atoms with E-state index in [0.717, 1.165) is 108 Å². The molecule has 7 heteroatoms. The Morgan fingerprint density at radius 3 is 2.36 bits per heavy atom. The summed E-state index contributed by atoms with van der Waals surface area (Å²) in [5.74, 6) is 1.37. The molecule has 224 valence electrons. The smallest absolute Gasteiger partial charge is 0.154 e. The molecule has 2 aromatic heterocycles. The van der Waals surface area contributed by atoms with Gasteiger partial charge in [0.15, 0.2) is 5.82 Å². The first kappa shape index (κ1) is 28.3. The summed E-state index contributed by atoms with van der Waals surface area (Å²) >= 11 is 0. The third kappa shape index (κ3) is 4.76. The molecule has 4 heterocycles. The van der Waals surface area contributed by atoms with Crippen molar-refractivity contribution in [2.24, 2.45) is 0 Å². The van der Waals surface area contributed by atoms with Crippen molar-refractivity contribution in [1.29, 1.82) is 0 Å². The lowest BCUT2D eigenvalue weighted by Gasteiger charge is -2.39. The van der Waals surface area contributed by atoms with Crippen LogP contribution >= 0.6 is 0 Å². The summed E-state index contributed by atoms with van der Waals surface area (Å²) in [6, 6.07) is 26.4. The number of nitrogens with one attached hydrogen (secondary N) is 1. The van der Waals surface area contributed by atoms with E-state index in [-0.39, 0.29) is 11.2 Å². The molecule has 1 N–H and O–H groups in total. The van der Waals surface area contributed by atoms with Crippen LogP contribution in [0.2, 0.25) is 0 Å². The Bertz CT molecular complexity index is 1800. The Hall–Kier alpha value is -4.49. The Kier molecular flexibility index (Phi) is 7.42. The molecule has 0 unspecified atom stereocenters. The molecular formula is C37H38FN5O. The second-order valence-corrected chi connectivity index (χ2v) is 11.8. The molecule has 1 saturated carbocycles. The number of rotatable bonds is 4. The van der Waals surface area contributed by atoms with Gasteiger partial charge in [-0.2, -0.15) is 0 Å². The molecule has 2 aliphatic heterocycles. The van der Waals surface area contributed by atoms with Crippen LogP contribution < -0.4 is 10.2 Å². The molecule has 0 spiro atoms. The van der Waals surface area contributed by atoms with Gasteiger partial charge in [0, 0.05) is 41.7 Å². The van der Waals surface area contributed by atoms with Crippen molar-refractivity contribution >= 4 is 17.2 Å². The summed E-state index contributed by atoms with van der Waals surface area (Å²) in [4.78, 5) is 12.3. The number of nitrogens with zero attached hydrogens (tertiary/aromatic N) is 4. The number of anilines is 3. The second-order valence-electron chi connectivity index (χ2n) is 11.8. The highest BCUT2D eigenvalue weighted by Crippen LogP contribution is 2.47. The maximum Gasteiger partial charge on any atom is 0.154 e. The number of ether oxygens (including phenoxy) is 1. The van der Waals surface area contributed by atoms with E-state index in [0.29, 0.717) is 0 Å². The predicted molar refractivity (Wildman–Crippen MR) is 176 cm³/mol. The lowest BCUT2D eigenvalue weighted by Crippen LogP contribution is -2.36. The van der Waals surface area contributed by atoms with E-state index in [4.69, 9.17) is 14.7 Å². The summed E-state index contributed by atoms with van der Waals surface area (Å²) in [5.41, 5.74) is 8.08. The zero-order chi connectivity index (χ0) is 30.3. The van der Waals surface area contributed by atoms with Crippen molar-refractivity contribution in [3.63, 3.8) is 0 Å². The number of halogens is 1. The molecule has 0 bridgehead atoms. The first-order valence-corrected chi connectivity index (χ1v) is 15.8. The SMILES string of the molecule is CC.CC1(c2ccc(-c3c(-c4ccc(N5CCOCC5)cc4)nc4n3-c3cccnc3Nc3ccccc3-4)cc2F)CCC1. The highest BCUT2D eigenvalue weighted by Gasteiger charge is 2.36. The third-order valence-electron chi connectivity index (χ3n) is 9.19. The first-order chi connectivity index (χ1) is 21.6. The summed E-state index contributed by atoms with van der Waals surface area (Å²) in [7, 11) is 0. The van der Waals surface area contributed by atoms with Crippen molar-refractivity contribution in [1.82, 2.24) is 14.5 Å². The minimum atomic E-state index is -0.155. The fraction of sp³-hybridized carbons (Fsp3) is 0.297. The van der Waals surface area contributed by atoms with Crippen molar-refractivity contribution in [3.8, 4) is 39.6 Å². The highest BCUT2D eigenvalue weighted by molar-refractivity contribution is 5.91. The molecule has 0 radical (unpaired) electrons. The molecule has 1 saturated heterocycles. The molecule has 2 fully saturated rings. The second kappa shape index (κ2) is 11.5. The average Bonchev–Trinajstić information content (AvgIpc) is 3.40. The lowest BCUT2D eigenvalue weighted by molar-refractivity contribution is 0.122. The van der Waals surface area contributed by atoms with Crippen molar-refractivity contribution in [2.45, 2.75) is 45.4 Å². The quantitative estimate of drug-likeness (QED) is 0.223. The number of morpholine rings is 1. The van der Waals surface area contributed by atoms with Crippen LogP contribution in [0.15, 0.2) is 85.1 Å². The first-order valence-electron chi connectivity index (χ1n) is 15.8. The van der Waals surface area contributed by atoms with Gasteiger partial charge < -0.3 is 15.0 Å². The summed E-state index contributed by atoms with van der Waals surface area (Å²) in [5, 5.41) is 3.51. The van der Waals surface area contributed by atoms with Gasteiger partial charge in [0.25, 0.3) is 0 Å². The third-order valence-corrected chi connectivity index (χ3v) is 9.19. The minimum Gasteiger partial charge on any atom is -0.378 e. The van der Waals surface area contributed by atoms with Crippen LogP contribution in [0.5, 0.6) is 0 Å². The molecule has 8 rings (SSSR count). The molecule has 3 aromatic carbocycles. The monoisotopic (exact) mass is 587 g/mol. The van der Waals surface area contributed by atoms with Crippen molar-refractivity contribution in [3.05, 3.63) is 96.4 Å². The standard InChI is InChI=1S/C35H32FN5O.C2H6/c1-35(15-5-16-35)27-14-11-24(22-28(27)36)32-31(23-9-12-25(13-10-23)40-18-20-42-21-19-40)39-34-26-6-2-3-7-29(26)38-33-30(41(32)34)8-4-17-37-33;1-2/h2-4,6-14,17,22H,5,15-16,18-21H2,1H3,(H,37,38);1-2H3. The highest BCUT2D eigenvalue weighted by atomic mass is 19.1. The van der Waals surface area contributed by atoms with E-state index in [9.17, 15) is 0 Å². The van der Waals surface area contributed by atoms with Gasteiger partial charge in [0.2, 0.25) is 0 Å². The fourth-order valence-corrected chi connectivity index (χ4v) is 6.67. The molecule has 0 amide bonds. The fourth-order valence-electron chi connectivity index (χ4n) is 6.67. The number of para-hydroxylation sites is 1. The van der Waals surface area contributed by atoms with Crippen LogP contribution in [0.25, 0.3) is 39.6 Å². The van der Waals surface area contributed by atoms with Gasteiger partial charge in [-0.25, -0.2) is 14.4 Å². The number of benzene rings is 3. The van der Waals surface area contributed by atoms with Crippen LogP contribution in [-0.2, 0) is 10.2 Å². The number of aromatic nitrogens is 3. The molecule has 5 aromatic rings. The molecule has 3 aliphatic rings. The maximum absolute atomic E-state index is 15.9. The number of fused-ring (bicyclic) bond motifs is 5. The number of hydrogen-bond donors (Lipinski definition) is 1. The van der Waals surface area contributed by atoms with Gasteiger partial charge in [-0.3, -0.25) is 4.57 Å². The van der Waals surface area contributed by atoms with Crippen LogP contribution in [-0.4, -0.2) is 40.8 Å². The predicted octanol–water partition coefficient (Wildman–Crippen LogP) is 8.77. The van der Waals surface area contributed by atoms with Gasteiger partial charge in [0.1, 0.15) is 11.6 Å². The Morgan fingerprint density at radius 1 is 0.886 bits per heavy atom. The Morgan fingerprint density at radius 2 is 1.64 bits per heavy atom. The molecule has 0 atom stereocenters. The van der Waals surface area contributed by atoms with Gasteiger partial charge >= 0.3 is 0 Å². The van der Waals surface area contributed by atoms with E-state index in [1.807, 2.05) is 50.2 Å². The van der Waals surface area contributed by atoms with E-state index < -0.39 is 0 Å². The molecule has 44 heavy (non-hydrogen) atoms. The minimum absolute atomic E-state index is 0.0888. The zero-order valence-electron chi connectivity index (χ0n) is 25.6. The molecule has 1 aliphatic carbocycles. The van der Waals surface area contributed by atoms with Crippen LogP contribution in [0.1, 0.15) is 45.6 Å². The summed E-state index contributed by atoms with van der Waals surface area (Å²) in [6.45, 7) is 9.40. The summed E-state index contributed by atoms with van der Waals surface area (Å²) in [6.07, 6.45) is 4.98. The molecular weight excluding hydrogens is 549 g/mol. The van der Waals surface area contributed by atoms with E-state index in [2.05, 4.69) is 58.1 Å². The van der Waals surface area contributed by atoms with Crippen molar-refractivity contribution < 1.29 is 9.13 Å². The van der Waals surface area contributed by atoms with Gasteiger partial charge in [-0.05, 0) is 66.3 Å². The number of hydrogen-bond acceptors (Lipinski definition) is 5. The van der Waals surface area contributed by atoms with Crippen LogP contribution in [0.3, 0.4) is 0 Å². The average molecular weight is 588 g/mol. The Labute approximate surface area is 258 Å². The van der Waals surface area contributed by atoms with Gasteiger partial charge in [-0.1, -0.05) is 63.6 Å². The number of imidazole rings is 1. The van der Waals surface area contributed by atoms with Gasteiger partial charge in [-0.15, -0.1) is 0 Å². The van der Waals surface area contributed by atoms with Crippen LogP contribution in [0, 0.1) is 5.82 Å². The van der Waals surface area contributed by atoms with Crippen molar-refractivity contribution in [2.75, 3.05) is 36.5 Å².